The molecular formula is C22H22N2O5S. The largest absolute Gasteiger partial charge is 0.422 e. The van der Waals surface area contributed by atoms with Crippen LogP contribution in [-0.2, 0) is 10.0 Å². The average molecular weight is 426 g/mol. The molecule has 0 radical (unpaired) electrons. The van der Waals surface area contributed by atoms with Gasteiger partial charge >= 0.3 is 5.63 Å². The zero-order valence-corrected chi connectivity index (χ0v) is 17.3. The first-order valence-electron chi connectivity index (χ1n) is 9.75. The highest BCUT2D eigenvalue weighted by atomic mass is 32.2. The van der Waals surface area contributed by atoms with Crippen molar-refractivity contribution in [3.05, 3.63) is 76.1 Å². The first-order chi connectivity index (χ1) is 14.3. The monoisotopic (exact) mass is 426 g/mol. The van der Waals surface area contributed by atoms with Crippen LogP contribution in [0.5, 0.6) is 0 Å². The molecule has 1 saturated heterocycles. The van der Waals surface area contributed by atoms with Crippen LogP contribution in [0.3, 0.4) is 0 Å². The normalized spacial score (nSPS) is 15.4. The van der Waals surface area contributed by atoms with Gasteiger partial charge in [0, 0.05) is 24.5 Å². The lowest BCUT2D eigenvalue weighted by atomic mass is 10.0. The fourth-order valence-corrected chi connectivity index (χ4v) is 4.89. The Morgan fingerprint density at radius 1 is 1.07 bits per heavy atom. The molecule has 1 N–H and O–H groups in total. The molecule has 3 aromatic rings. The van der Waals surface area contributed by atoms with Crippen LogP contribution in [0.2, 0.25) is 0 Å². The number of aryl methyl sites for hydroxylation is 1. The summed E-state index contributed by atoms with van der Waals surface area (Å²) in [4.78, 5) is 26.9. The maximum absolute atomic E-state index is 12.8. The number of benzene rings is 2. The fraction of sp³-hybridized carbons (Fsp3) is 0.273. The molecule has 4 rings (SSSR count). The fourth-order valence-electron chi connectivity index (χ4n) is 3.59. The smallest absolute Gasteiger partial charge is 0.349 e. The van der Waals surface area contributed by atoms with Crippen molar-refractivity contribution in [2.45, 2.75) is 30.7 Å². The van der Waals surface area contributed by atoms with Crippen molar-refractivity contribution in [2.24, 2.45) is 0 Å². The van der Waals surface area contributed by atoms with E-state index in [2.05, 4.69) is 4.72 Å². The van der Waals surface area contributed by atoms with Crippen molar-refractivity contribution in [1.29, 1.82) is 0 Å². The first kappa shape index (κ1) is 20.3. The van der Waals surface area contributed by atoms with Crippen LogP contribution in [-0.4, -0.2) is 38.4 Å². The van der Waals surface area contributed by atoms with Gasteiger partial charge in [-0.05, 0) is 44.0 Å². The zero-order chi connectivity index (χ0) is 21.3. The first-order valence-corrected chi connectivity index (χ1v) is 11.2. The molecule has 1 aliphatic heterocycles. The van der Waals surface area contributed by atoms with Crippen molar-refractivity contribution in [3.63, 3.8) is 0 Å². The number of fused-ring (bicyclic) bond motifs is 1. The third-order valence-corrected chi connectivity index (χ3v) is 6.84. The average Bonchev–Trinajstić information content (AvgIpc) is 2.73. The van der Waals surface area contributed by atoms with Crippen molar-refractivity contribution < 1.29 is 17.6 Å². The van der Waals surface area contributed by atoms with Crippen LogP contribution in [0.25, 0.3) is 11.0 Å². The zero-order valence-electron chi connectivity index (χ0n) is 16.5. The van der Waals surface area contributed by atoms with E-state index in [1.54, 1.807) is 53.4 Å². The lowest BCUT2D eigenvalue weighted by Crippen LogP contribution is -2.47. The lowest BCUT2D eigenvalue weighted by molar-refractivity contribution is 0.0707. The number of nitrogens with zero attached hydrogens (tertiary/aromatic N) is 1. The van der Waals surface area contributed by atoms with Gasteiger partial charge in [0.2, 0.25) is 10.0 Å². The SMILES string of the molecule is Cc1ccc(S(=O)(=O)NC2CCN(C(=O)c3cc4ccccc4oc3=O)CC2)cc1. The minimum atomic E-state index is -3.62. The highest BCUT2D eigenvalue weighted by Crippen LogP contribution is 2.18. The number of para-hydroxylation sites is 1. The van der Waals surface area contributed by atoms with E-state index in [9.17, 15) is 18.0 Å². The van der Waals surface area contributed by atoms with Crippen molar-refractivity contribution in [3.8, 4) is 0 Å². The minimum absolute atomic E-state index is 0.00705. The van der Waals surface area contributed by atoms with Gasteiger partial charge in [0.05, 0.1) is 4.90 Å². The van der Waals surface area contributed by atoms with E-state index in [0.717, 1.165) is 5.56 Å². The highest BCUT2D eigenvalue weighted by Gasteiger charge is 2.28. The number of carbonyl (C=O) groups is 1. The van der Waals surface area contributed by atoms with E-state index in [1.165, 1.54) is 0 Å². The third-order valence-electron chi connectivity index (χ3n) is 5.31. The number of sulfonamides is 1. The Kier molecular flexibility index (Phi) is 5.44. The van der Waals surface area contributed by atoms with Gasteiger partial charge in [-0.2, -0.15) is 0 Å². The summed E-state index contributed by atoms with van der Waals surface area (Å²) in [7, 11) is -3.62. The molecule has 1 amide bonds. The number of rotatable bonds is 4. The third kappa shape index (κ3) is 4.15. The number of piperidine rings is 1. The van der Waals surface area contributed by atoms with Gasteiger partial charge in [0.25, 0.3) is 5.91 Å². The number of nitrogens with one attached hydrogen (secondary N) is 1. The molecule has 0 spiro atoms. The highest BCUT2D eigenvalue weighted by molar-refractivity contribution is 7.89. The number of amides is 1. The van der Waals surface area contributed by atoms with E-state index >= 15 is 0 Å². The van der Waals surface area contributed by atoms with Gasteiger partial charge < -0.3 is 9.32 Å². The Bertz CT molecular complexity index is 1240. The lowest BCUT2D eigenvalue weighted by Gasteiger charge is -2.32. The molecule has 0 aliphatic carbocycles. The van der Waals surface area contributed by atoms with Gasteiger partial charge in [-0.15, -0.1) is 0 Å². The standard InChI is InChI=1S/C22H22N2O5S/c1-15-6-8-18(9-7-15)30(27,28)23-17-10-12-24(13-11-17)21(25)19-14-16-4-2-3-5-20(16)29-22(19)26/h2-9,14,17,23H,10-13H2,1H3. The Morgan fingerprint density at radius 2 is 1.73 bits per heavy atom. The summed E-state index contributed by atoms with van der Waals surface area (Å²) in [5.41, 5.74) is 0.746. The second-order valence-corrected chi connectivity index (χ2v) is 9.20. The van der Waals surface area contributed by atoms with Crippen LogP contribution in [0.1, 0.15) is 28.8 Å². The van der Waals surface area contributed by atoms with Crippen LogP contribution >= 0.6 is 0 Å². The summed E-state index contributed by atoms with van der Waals surface area (Å²) in [6, 6.07) is 15.0. The van der Waals surface area contributed by atoms with Gasteiger partial charge in [-0.25, -0.2) is 17.9 Å². The summed E-state index contributed by atoms with van der Waals surface area (Å²) < 4.78 is 33.1. The number of hydrogen-bond donors (Lipinski definition) is 1. The minimum Gasteiger partial charge on any atom is -0.422 e. The molecule has 7 nitrogen and oxygen atoms in total. The quantitative estimate of drug-likeness (QED) is 0.647. The predicted octanol–water partition coefficient (Wildman–Crippen LogP) is 2.68. The Balaban J connectivity index is 1.43. The van der Waals surface area contributed by atoms with Gasteiger partial charge in [0.1, 0.15) is 11.1 Å². The topological polar surface area (TPSA) is 96.7 Å². The molecule has 1 aromatic heterocycles. The Morgan fingerprint density at radius 3 is 2.43 bits per heavy atom. The van der Waals surface area contributed by atoms with Crippen molar-refractivity contribution in [1.82, 2.24) is 9.62 Å². The molecule has 0 unspecified atom stereocenters. The Hall–Kier alpha value is -2.97. The number of hydrogen-bond acceptors (Lipinski definition) is 5. The summed E-state index contributed by atoms with van der Waals surface area (Å²) in [5.74, 6) is -0.394. The molecule has 30 heavy (non-hydrogen) atoms. The molecule has 8 heteroatoms. The predicted molar refractivity (Wildman–Crippen MR) is 113 cm³/mol. The van der Waals surface area contributed by atoms with Crippen LogP contribution < -0.4 is 10.3 Å². The molecule has 0 atom stereocenters. The Labute approximate surface area is 174 Å². The number of likely N-dealkylation sites (tertiary alicyclic amines) is 1. The van der Waals surface area contributed by atoms with Crippen LogP contribution in [0, 0.1) is 6.92 Å². The summed E-state index contributed by atoms with van der Waals surface area (Å²) in [6.07, 6.45) is 0.936. The molecule has 1 aliphatic rings. The van der Waals surface area contributed by atoms with Gasteiger partial charge in [0.15, 0.2) is 0 Å². The summed E-state index contributed by atoms with van der Waals surface area (Å²) in [5, 5.41) is 0.682. The molecule has 2 heterocycles. The van der Waals surface area contributed by atoms with E-state index < -0.39 is 21.6 Å². The maximum atomic E-state index is 12.8. The van der Waals surface area contributed by atoms with E-state index in [-0.39, 0.29) is 16.5 Å². The number of carbonyl (C=O) groups excluding carboxylic acids is 1. The van der Waals surface area contributed by atoms with Crippen molar-refractivity contribution >= 4 is 26.9 Å². The summed E-state index contributed by atoms with van der Waals surface area (Å²) in [6.45, 7) is 2.60. The molecule has 2 aromatic carbocycles. The van der Waals surface area contributed by atoms with E-state index in [0.29, 0.717) is 36.9 Å². The van der Waals surface area contributed by atoms with E-state index in [4.69, 9.17) is 4.42 Å². The van der Waals surface area contributed by atoms with Gasteiger partial charge in [-0.3, -0.25) is 4.79 Å². The molecule has 0 saturated carbocycles. The van der Waals surface area contributed by atoms with Crippen molar-refractivity contribution in [2.75, 3.05) is 13.1 Å². The molecular weight excluding hydrogens is 404 g/mol. The summed E-state index contributed by atoms with van der Waals surface area (Å²) >= 11 is 0. The second kappa shape index (κ2) is 8.04. The van der Waals surface area contributed by atoms with E-state index in [1.807, 2.05) is 13.0 Å². The second-order valence-electron chi connectivity index (χ2n) is 7.49. The molecule has 0 bridgehead atoms. The van der Waals surface area contributed by atoms with Crippen LogP contribution in [0.4, 0.5) is 0 Å². The van der Waals surface area contributed by atoms with Gasteiger partial charge in [-0.1, -0.05) is 35.9 Å². The molecule has 156 valence electrons. The molecule has 1 fully saturated rings. The van der Waals surface area contributed by atoms with Crippen LogP contribution in [0.15, 0.2) is 68.7 Å². The maximum Gasteiger partial charge on any atom is 0.349 e.